The molecule has 21 heavy (non-hydrogen) atoms. The zero-order valence-electron chi connectivity index (χ0n) is 14.0. The number of nitrogens with zero attached hydrogens (tertiary/aromatic N) is 3. The van der Waals surface area contributed by atoms with Crippen LogP contribution in [0.25, 0.3) is 5.52 Å². The van der Waals surface area contributed by atoms with Crippen molar-refractivity contribution in [1.29, 1.82) is 0 Å². The molecule has 0 spiro atoms. The van der Waals surface area contributed by atoms with Crippen molar-refractivity contribution in [3.63, 3.8) is 0 Å². The Morgan fingerprint density at radius 2 is 1.71 bits per heavy atom. The van der Waals surface area contributed by atoms with E-state index in [1.165, 1.54) is 0 Å². The Hall–Kier alpha value is -1.62. The maximum atomic E-state index is 10.3. The average Bonchev–Trinajstić information content (AvgIpc) is 2.71. The average molecular weight is 290 g/mol. The predicted molar refractivity (Wildman–Crippen MR) is 85.7 cm³/mol. The Labute approximate surface area is 126 Å². The summed E-state index contributed by atoms with van der Waals surface area (Å²) in [6.45, 7) is 13.9. The summed E-state index contributed by atoms with van der Waals surface area (Å²) < 4.78 is 1.83. The van der Waals surface area contributed by atoms with Crippen LogP contribution in [-0.4, -0.2) is 30.8 Å². The molecule has 0 saturated carbocycles. The van der Waals surface area contributed by atoms with Crippen molar-refractivity contribution in [2.75, 3.05) is 5.32 Å². The largest absolute Gasteiger partial charge is 0.388 e. The first kappa shape index (κ1) is 15.8. The molecule has 0 unspecified atom stereocenters. The molecule has 0 radical (unpaired) electrons. The van der Waals surface area contributed by atoms with Gasteiger partial charge in [0.15, 0.2) is 5.82 Å². The number of hydrogen-bond donors (Lipinski definition) is 2. The van der Waals surface area contributed by atoms with Gasteiger partial charge in [-0.15, -0.1) is 0 Å². The van der Waals surface area contributed by atoms with Crippen molar-refractivity contribution in [3.8, 4) is 0 Å². The zero-order chi connectivity index (χ0) is 16.1. The smallest absolute Gasteiger partial charge is 0.152 e. The van der Waals surface area contributed by atoms with E-state index in [-0.39, 0.29) is 5.41 Å². The second-order valence-electron chi connectivity index (χ2n) is 7.69. The van der Waals surface area contributed by atoms with Gasteiger partial charge in [0.25, 0.3) is 0 Å². The Kier molecular flexibility index (Phi) is 3.53. The molecule has 0 aliphatic rings. The molecule has 0 aromatic carbocycles. The number of hydrogen-bond acceptors (Lipinski definition) is 4. The van der Waals surface area contributed by atoms with Crippen molar-refractivity contribution >= 4 is 11.3 Å². The van der Waals surface area contributed by atoms with Gasteiger partial charge in [-0.3, -0.25) is 0 Å². The van der Waals surface area contributed by atoms with Crippen molar-refractivity contribution in [2.24, 2.45) is 0 Å². The van der Waals surface area contributed by atoms with Crippen LogP contribution in [-0.2, 0) is 5.41 Å². The summed E-state index contributed by atoms with van der Waals surface area (Å²) >= 11 is 0. The molecule has 0 fully saturated rings. The lowest BCUT2D eigenvalue weighted by molar-refractivity contribution is 0.0239. The van der Waals surface area contributed by atoms with Gasteiger partial charge in [0.2, 0.25) is 0 Å². The lowest BCUT2D eigenvalue weighted by Crippen LogP contribution is -2.51. The van der Waals surface area contributed by atoms with Crippen LogP contribution in [0.2, 0.25) is 0 Å². The molecular weight excluding hydrogens is 264 g/mol. The van der Waals surface area contributed by atoms with E-state index < -0.39 is 11.1 Å². The van der Waals surface area contributed by atoms with Crippen LogP contribution in [0.15, 0.2) is 18.5 Å². The number of aromatic nitrogens is 3. The van der Waals surface area contributed by atoms with E-state index in [0.29, 0.717) is 0 Å². The summed E-state index contributed by atoms with van der Waals surface area (Å²) in [6, 6.07) is 2.05. The molecule has 0 bridgehead atoms. The molecule has 5 heteroatoms. The van der Waals surface area contributed by atoms with Gasteiger partial charge in [0, 0.05) is 17.8 Å². The number of aliphatic hydroxyl groups is 1. The molecule has 2 N–H and O–H groups in total. The third kappa shape index (κ3) is 3.02. The molecular formula is C16H26N4O. The highest BCUT2D eigenvalue weighted by atomic mass is 16.3. The maximum absolute atomic E-state index is 10.3. The van der Waals surface area contributed by atoms with E-state index in [9.17, 15) is 5.11 Å². The molecule has 116 valence electrons. The molecule has 0 amide bonds. The summed E-state index contributed by atoms with van der Waals surface area (Å²) in [6.07, 6.45) is 3.56. The molecule has 0 aliphatic heterocycles. The quantitative estimate of drug-likeness (QED) is 0.912. The topological polar surface area (TPSA) is 62.5 Å². The Balaban J connectivity index is 2.48. The monoisotopic (exact) mass is 290 g/mol. The van der Waals surface area contributed by atoms with Crippen molar-refractivity contribution < 1.29 is 5.11 Å². The standard InChI is InChI=1S/C16H26N4O/c1-14(2,3)12-10-11-13(17-8-9-20(11)19-12)18-15(4,5)16(6,7)21/h8-10,21H,1-7H3,(H,17,18). The molecule has 2 aromatic rings. The molecule has 2 aromatic heterocycles. The molecule has 2 rings (SSSR count). The van der Waals surface area contributed by atoms with Gasteiger partial charge >= 0.3 is 0 Å². The fraction of sp³-hybridized carbons (Fsp3) is 0.625. The first-order chi connectivity index (χ1) is 9.42. The number of fused-ring (bicyclic) bond motifs is 1. The van der Waals surface area contributed by atoms with Crippen molar-refractivity contribution in [1.82, 2.24) is 14.6 Å². The second kappa shape index (κ2) is 4.70. The van der Waals surface area contributed by atoms with Crippen LogP contribution < -0.4 is 5.32 Å². The van der Waals surface area contributed by atoms with Crippen LogP contribution in [0, 0.1) is 0 Å². The molecule has 2 heterocycles. The van der Waals surface area contributed by atoms with Crippen LogP contribution in [0.5, 0.6) is 0 Å². The zero-order valence-corrected chi connectivity index (χ0v) is 14.0. The summed E-state index contributed by atoms with van der Waals surface area (Å²) in [5.41, 5.74) is 0.511. The second-order valence-corrected chi connectivity index (χ2v) is 7.69. The Bertz CT molecular complexity index is 644. The molecule has 0 atom stereocenters. The van der Waals surface area contributed by atoms with Crippen molar-refractivity contribution in [2.45, 2.75) is 65.0 Å². The summed E-state index contributed by atoms with van der Waals surface area (Å²) in [5, 5.41) is 18.3. The third-order valence-electron chi connectivity index (χ3n) is 4.12. The maximum Gasteiger partial charge on any atom is 0.152 e. The summed E-state index contributed by atoms with van der Waals surface area (Å²) in [4.78, 5) is 4.42. The van der Waals surface area contributed by atoms with E-state index >= 15 is 0 Å². The summed E-state index contributed by atoms with van der Waals surface area (Å²) in [5.74, 6) is 0.729. The SMILES string of the molecule is CC(C)(C)c1cc2c(NC(C)(C)C(C)(C)O)nccn2n1. The minimum absolute atomic E-state index is 0.0188. The molecule has 0 aliphatic carbocycles. The van der Waals surface area contributed by atoms with Gasteiger partial charge in [-0.2, -0.15) is 5.10 Å². The van der Waals surface area contributed by atoms with Gasteiger partial charge in [0.05, 0.1) is 16.8 Å². The summed E-state index contributed by atoms with van der Waals surface area (Å²) in [7, 11) is 0. The lowest BCUT2D eigenvalue weighted by Gasteiger charge is -2.38. The van der Waals surface area contributed by atoms with Gasteiger partial charge in [0.1, 0.15) is 5.52 Å². The van der Waals surface area contributed by atoms with Crippen molar-refractivity contribution in [3.05, 3.63) is 24.2 Å². The minimum Gasteiger partial charge on any atom is -0.388 e. The molecule has 0 saturated heterocycles. The van der Waals surface area contributed by atoms with Gasteiger partial charge in [-0.05, 0) is 33.8 Å². The minimum atomic E-state index is -0.881. The van der Waals surface area contributed by atoms with Gasteiger partial charge in [-0.1, -0.05) is 20.8 Å². The number of anilines is 1. The van der Waals surface area contributed by atoms with Crippen LogP contribution in [0.3, 0.4) is 0 Å². The lowest BCUT2D eigenvalue weighted by atomic mass is 9.86. The predicted octanol–water partition coefficient (Wildman–Crippen LogP) is 2.99. The third-order valence-corrected chi connectivity index (χ3v) is 4.12. The highest BCUT2D eigenvalue weighted by molar-refractivity contribution is 5.69. The van der Waals surface area contributed by atoms with Crippen LogP contribution >= 0.6 is 0 Å². The highest BCUT2D eigenvalue weighted by Crippen LogP contribution is 2.29. The van der Waals surface area contributed by atoms with E-state index in [1.54, 1.807) is 20.0 Å². The Morgan fingerprint density at radius 3 is 2.24 bits per heavy atom. The Morgan fingerprint density at radius 1 is 1.10 bits per heavy atom. The fourth-order valence-electron chi connectivity index (χ4n) is 1.83. The van der Waals surface area contributed by atoms with E-state index in [2.05, 4.69) is 42.2 Å². The molecule has 5 nitrogen and oxygen atoms in total. The van der Waals surface area contributed by atoms with E-state index in [1.807, 2.05) is 24.6 Å². The number of rotatable bonds is 3. The first-order valence-corrected chi connectivity index (χ1v) is 7.27. The van der Waals surface area contributed by atoms with E-state index in [4.69, 9.17) is 0 Å². The first-order valence-electron chi connectivity index (χ1n) is 7.27. The van der Waals surface area contributed by atoms with Crippen LogP contribution in [0.1, 0.15) is 54.2 Å². The normalized spacial score (nSPS) is 13.7. The number of nitrogens with one attached hydrogen (secondary N) is 1. The van der Waals surface area contributed by atoms with Gasteiger partial charge < -0.3 is 10.4 Å². The van der Waals surface area contributed by atoms with Gasteiger partial charge in [-0.25, -0.2) is 9.50 Å². The van der Waals surface area contributed by atoms with Crippen LogP contribution in [0.4, 0.5) is 5.82 Å². The highest BCUT2D eigenvalue weighted by Gasteiger charge is 2.35. The van der Waals surface area contributed by atoms with E-state index in [0.717, 1.165) is 17.0 Å². The fourth-order valence-corrected chi connectivity index (χ4v) is 1.83.